The van der Waals surface area contributed by atoms with E-state index in [4.69, 9.17) is 0 Å². The van der Waals surface area contributed by atoms with Gasteiger partial charge in [-0.1, -0.05) is 42.5 Å². The van der Waals surface area contributed by atoms with Gasteiger partial charge in [0.15, 0.2) is 5.82 Å². The lowest BCUT2D eigenvalue weighted by Crippen LogP contribution is -2.35. The summed E-state index contributed by atoms with van der Waals surface area (Å²) in [6.07, 6.45) is -0.499. The quantitative estimate of drug-likeness (QED) is 0.659. The highest BCUT2D eigenvalue weighted by Crippen LogP contribution is 2.26. The fraction of sp³-hybridized carbons (Fsp3) is 0.364. The Morgan fingerprint density at radius 2 is 1.68 bits per heavy atom. The number of rotatable bonds is 6. The van der Waals surface area contributed by atoms with Gasteiger partial charge in [-0.05, 0) is 49.5 Å². The summed E-state index contributed by atoms with van der Waals surface area (Å²) in [5.41, 5.74) is 1.89. The maximum absolute atomic E-state index is 13.1. The number of nitrogens with zero attached hydrogens (tertiary/aromatic N) is 3. The molecule has 1 aliphatic rings. The van der Waals surface area contributed by atoms with Gasteiger partial charge >= 0.3 is 0 Å². The second-order valence-corrected chi connectivity index (χ2v) is 7.33. The first-order chi connectivity index (χ1) is 13.7. The molecule has 0 saturated carbocycles. The fourth-order valence-corrected chi connectivity index (χ4v) is 3.76. The summed E-state index contributed by atoms with van der Waals surface area (Å²) < 4.78 is 26.3. The van der Waals surface area contributed by atoms with Crippen LogP contribution < -0.4 is 5.32 Å². The van der Waals surface area contributed by atoms with Crippen LogP contribution in [0.15, 0.2) is 54.6 Å². The lowest BCUT2D eigenvalue weighted by Gasteiger charge is -2.32. The highest BCUT2D eigenvalue weighted by atomic mass is 19.3. The third kappa shape index (κ3) is 4.44. The van der Waals surface area contributed by atoms with E-state index in [2.05, 4.69) is 44.5 Å². The second-order valence-electron chi connectivity index (χ2n) is 7.33. The number of fused-ring (bicyclic) bond motifs is 1. The zero-order valence-corrected chi connectivity index (χ0v) is 15.7. The number of benzene rings is 2. The Morgan fingerprint density at radius 1 is 0.964 bits per heavy atom. The van der Waals surface area contributed by atoms with Crippen LogP contribution in [0.2, 0.25) is 0 Å². The predicted octanol–water partition coefficient (Wildman–Crippen LogP) is 4.89. The average Bonchev–Trinajstić information content (AvgIpc) is 2.73. The van der Waals surface area contributed by atoms with Gasteiger partial charge in [0.2, 0.25) is 0 Å². The van der Waals surface area contributed by atoms with Gasteiger partial charge in [-0.15, -0.1) is 0 Å². The molecule has 1 N–H and O–H groups in total. The fourth-order valence-electron chi connectivity index (χ4n) is 3.76. The second kappa shape index (κ2) is 8.61. The molecule has 2 heterocycles. The van der Waals surface area contributed by atoms with Crippen LogP contribution in [0.5, 0.6) is 0 Å². The number of alkyl halides is 2. The molecular formula is C22H24F2N4. The zero-order valence-electron chi connectivity index (χ0n) is 15.7. The molecule has 28 heavy (non-hydrogen) atoms. The van der Waals surface area contributed by atoms with Crippen molar-refractivity contribution in [1.82, 2.24) is 14.9 Å². The van der Waals surface area contributed by atoms with Crippen molar-refractivity contribution in [2.24, 2.45) is 5.92 Å². The van der Waals surface area contributed by atoms with Crippen molar-refractivity contribution in [3.63, 3.8) is 0 Å². The van der Waals surface area contributed by atoms with Gasteiger partial charge in [0, 0.05) is 18.5 Å². The SMILES string of the molecule is FC(F)c1nc(NCC2CCN(Cc3ccccc3)CC2)c2ccccc2n1. The van der Waals surface area contributed by atoms with Crippen LogP contribution in [0, 0.1) is 5.92 Å². The monoisotopic (exact) mass is 382 g/mol. The predicted molar refractivity (Wildman–Crippen MR) is 107 cm³/mol. The Balaban J connectivity index is 1.36. The summed E-state index contributed by atoms with van der Waals surface area (Å²) in [6.45, 7) is 3.82. The minimum atomic E-state index is -2.67. The number of nitrogens with one attached hydrogen (secondary N) is 1. The summed E-state index contributed by atoms with van der Waals surface area (Å²) in [4.78, 5) is 10.5. The van der Waals surface area contributed by atoms with E-state index in [1.807, 2.05) is 18.2 Å². The Hall–Kier alpha value is -2.60. The lowest BCUT2D eigenvalue weighted by molar-refractivity contribution is 0.141. The summed E-state index contributed by atoms with van der Waals surface area (Å²) in [7, 11) is 0. The molecule has 0 radical (unpaired) electrons. The maximum atomic E-state index is 13.1. The largest absolute Gasteiger partial charge is 0.369 e. The molecule has 4 nitrogen and oxygen atoms in total. The van der Waals surface area contributed by atoms with E-state index in [0.717, 1.165) is 44.4 Å². The summed E-state index contributed by atoms with van der Waals surface area (Å²) >= 11 is 0. The number of halogens is 2. The topological polar surface area (TPSA) is 41.1 Å². The van der Waals surface area contributed by atoms with Crippen LogP contribution in [0.4, 0.5) is 14.6 Å². The zero-order chi connectivity index (χ0) is 19.3. The third-order valence-corrected chi connectivity index (χ3v) is 5.33. The molecule has 1 fully saturated rings. The van der Waals surface area contributed by atoms with Crippen molar-refractivity contribution in [1.29, 1.82) is 0 Å². The van der Waals surface area contributed by atoms with Gasteiger partial charge in [-0.25, -0.2) is 18.7 Å². The van der Waals surface area contributed by atoms with Gasteiger partial charge in [-0.3, -0.25) is 4.90 Å². The molecular weight excluding hydrogens is 358 g/mol. The first kappa shape index (κ1) is 18.7. The first-order valence-electron chi connectivity index (χ1n) is 9.74. The van der Waals surface area contributed by atoms with E-state index in [1.54, 1.807) is 12.1 Å². The average molecular weight is 382 g/mol. The molecule has 0 spiro atoms. The minimum absolute atomic E-state index is 0.418. The number of aromatic nitrogens is 2. The van der Waals surface area contributed by atoms with Crippen LogP contribution in [0.1, 0.15) is 30.7 Å². The van der Waals surface area contributed by atoms with Crippen molar-refractivity contribution in [3.8, 4) is 0 Å². The van der Waals surface area contributed by atoms with E-state index >= 15 is 0 Å². The minimum Gasteiger partial charge on any atom is -0.369 e. The summed E-state index contributed by atoms with van der Waals surface area (Å²) in [6, 6.07) is 17.8. The summed E-state index contributed by atoms with van der Waals surface area (Å²) in [5.74, 6) is 0.599. The van der Waals surface area contributed by atoms with E-state index < -0.39 is 12.2 Å². The van der Waals surface area contributed by atoms with Gasteiger partial charge in [0.1, 0.15) is 5.82 Å². The molecule has 2 aromatic carbocycles. The van der Waals surface area contributed by atoms with Crippen LogP contribution in [0.3, 0.4) is 0 Å². The van der Waals surface area contributed by atoms with Gasteiger partial charge in [-0.2, -0.15) is 0 Å². The molecule has 0 atom stereocenters. The number of piperidine rings is 1. The Kier molecular flexibility index (Phi) is 5.76. The normalized spacial score (nSPS) is 16.0. The van der Waals surface area contributed by atoms with E-state index in [1.165, 1.54) is 5.56 Å². The van der Waals surface area contributed by atoms with E-state index in [9.17, 15) is 8.78 Å². The van der Waals surface area contributed by atoms with E-state index in [0.29, 0.717) is 17.3 Å². The molecule has 0 unspecified atom stereocenters. The molecule has 0 amide bonds. The van der Waals surface area contributed by atoms with E-state index in [-0.39, 0.29) is 0 Å². The van der Waals surface area contributed by atoms with Crippen molar-refractivity contribution in [2.45, 2.75) is 25.8 Å². The molecule has 146 valence electrons. The summed E-state index contributed by atoms with van der Waals surface area (Å²) in [5, 5.41) is 4.10. The molecule has 1 aliphatic heterocycles. The number of hydrogen-bond donors (Lipinski definition) is 1. The van der Waals surface area contributed by atoms with Crippen LogP contribution in [-0.2, 0) is 6.54 Å². The van der Waals surface area contributed by atoms with Gasteiger partial charge < -0.3 is 5.32 Å². The standard InChI is InChI=1S/C22H24F2N4/c23-20(24)22-26-19-9-5-4-8-18(19)21(27-22)25-14-16-10-12-28(13-11-16)15-17-6-2-1-3-7-17/h1-9,16,20H,10-15H2,(H,25,26,27). The Bertz CT molecular complexity index is 909. The number of hydrogen-bond acceptors (Lipinski definition) is 4. The Labute approximate surface area is 163 Å². The number of para-hydroxylation sites is 1. The first-order valence-corrected chi connectivity index (χ1v) is 9.74. The van der Waals surface area contributed by atoms with Gasteiger partial charge in [0.25, 0.3) is 6.43 Å². The van der Waals surface area contributed by atoms with Crippen LogP contribution >= 0.6 is 0 Å². The van der Waals surface area contributed by atoms with Crippen LogP contribution in [-0.4, -0.2) is 34.5 Å². The number of likely N-dealkylation sites (tertiary alicyclic amines) is 1. The van der Waals surface area contributed by atoms with Crippen molar-refractivity contribution in [3.05, 3.63) is 66.0 Å². The van der Waals surface area contributed by atoms with Crippen molar-refractivity contribution < 1.29 is 8.78 Å². The van der Waals surface area contributed by atoms with Crippen LogP contribution in [0.25, 0.3) is 10.9 Å². The smallest absolute Gasteiger partial charge is 0.297 e. The lowest BCUT2D eigenvalue weighted by atomic mass is 9.96. The highest BCUT2D eigenvalue weighted by molar-refractivity contribution is 5.89. The molecule has 1 aromatic heterocycles. The highest BCUT2D eigenvalue weighted by Gasteiger charge is 2.20. The third-order valence-electron chi connectivity index (χ3n) is 5.33. The molecule has 1 saturated heterocycles. The van der Waals surface area contributed by atoms with Gasteiger partial charge in [0.05, 0.1) is 5.52 Å². The van der Waals surface area contributed by atoms with Crippen molar-refractivity contribution in [2.75, 3.05) is 25.0 Å². The molecule has 3 aromatic rings. The molecule has 4 rings (SSSR count). The Morgan fingerprint density at radius 3 is 2.43 bits per heavy atom. The maximum Gasteiger partial charge on any atom is 0.297 e. The number of anilines is 1. The molecule has 0 bridgehead atoms. The molecule has 6 heteroatoms. The van der Waals surface area contributed by atoms with Crippen molar-refractivity contribution >= 4 is 16.7 Å². The molecule has 0 aliphatic carbocycles.